The molecule has 0 unspecified atom stereocenters. The highest BCUT2D eigenvalue weighted by Crippen LogP contribution is 2.11. The Balaban J connectivity index is 2.54. The van der Waals surface area contributed by atoms with E-state index in [0.717, 1.165) is 16.9 Å². The van der Waals surface area contributed by atoms with Crippen LogP contribution in [-0.2, 0) is 0 Å². The standard InChI is InChI=1S/C9H6FN3O2/c10-7-3-6(9(14)15)4-8(5-7)13-11-1-2-12-13/h1-5H,(H,14,15). The Bertz CT molecular complexity index is 496. The summed E-state index contributed by atoms with van der Waals surface area (Å²) >= 11 is 0. The van der Waals surface area contributed by atoms with E-state index in [1.165, 1.54) is 18.5 Å². The van der Waals surface area contributed by atoms with Gasteiger partial charge in [0.1, 0.15) is 5.82 Å². The third-order valence-electron chi connectivity index (χ3n) is 1.78. The fraction of sp³-hybridized carbons (Fsp3) is 0. The highest BCUT2D eigenvalue weighted by molar-refractivity contribution is 5.88. The number of carbonyl (C=O) groups is 1. The predicted octanol–water partition coefficient (Wildman–Crippen LogP) is 1.10. The molecule has 2 aromatic rings. The number of aromatic carboxylic acids is 1. The maximum Gasteiger partial charge on any atom is 0.335 e. The van der Waals surface area contributed by atoms with Gasteiger partial charge in [-0.15, -0.1) is 0 Å². The van der Waals surface area contributed by atoms with E-state index in [4.69, 9.17) is 5.11 Å². The van der Waals surface area contributed by atoms with Gasteiger partial charge in [0, 0.05) is 6.07 Å². The number of benzene rings is 1. The zero-order valence-electron chi connectivity index (χ0n) is 7.46. The molecule has 2 rings (SSSR count). The van der Waals surface area contributed by atoms with Gasteiger partial charge in [0.05, 0.1) is 23.6 Å². The van der Waals surface area contributed by atoms with Gasteiger partial charge >= 0.3 is 5.97 Å². The minimum atomic E-state index is -1.19. The lowest BCUT2D eigenvalue weighted by molar-refractivity contribution is 0.0696. The van der Waals surface area contributed by atoms with Crippen molar-refractivity contribution in [2.24, 2.45) is 0 Å². The van der Waals surface area contributed by atoms with E-state index in [9.17, 15) is 9.18 Å². The van der Waals surface area contributed by atoms with Gasteiger partial charge in [-0.3, -0.25) is 0 Å². The molecule has 0 bridgehead atoms. The average molecular weight is 207 g/mol. The SMILES string of the molecule is O=C(O)c1cc(F)cc(-n2nccn2)c1. The van der Waals surface area contributed by atoms with Gasteiger partial charge in [0.2, 0.25) is 0 Å². The van der Waals surface area contributed by atoms with Crippen LogP contribution in [0.2, 0.25) is 0 Å². The van der Waals surface area contributed by atoms with Gasteiger partial charge in [-0.2, -0.15) is 15.0 Å². The summed E-state index contributed by atoms with van der Waals surface area (Å²) in [5.74, 6) is -1.83. The van der Waals surface area contributed by atoms with E-state index >= 15 is 0 Å². The zero-order valence-corrected chi connectivity index (χ0v) is 7.46. The van der Waals surface area contributed by atoms with E-state index < -0.39 is 11.8 Å². The molecule has 0 amide bonds. The summed E-state index contributed by atoms with van der Waals surface area (Å²) in [5.41, 5.74) is 0.139. The van der Waals surface area contributed by atoms with Crippen LogP contribution in [0.3, 0.4) is 0 Å². The Kier molecular flexibility index (Phi) is 2.17. The molecule has 5 nitrogen and oxygen atoms in total. The Morgan fingerprint density at radius 3 is 2.53 bits per heavy atom. The molecular weight excluding hydrogens is 201 g/mol. The summed E-state index contributed by atoms with van der Waals surface area (Å²) < 4.78 is 13.0. The Hall–Kier alpha value is -2.24. The molecule has 1 heterocycles. The first-order valence-electron chi connectivity index (χ1n) is 4.07. The van der Waals surface area contributed by atoms with Crippen molar-refractivity contribution in [2.45, 2.75) is 0 Å². The van der Waals surface area contributed by atoms with Crippen molar-refractivity contribution in [3.63, 3.8) is 0 Å². The average Bonchev–Trinajstić information content (AvgIpc) is 2.69. The number of carboxylic acids is 1. The van der Waals surface area contributed by atoms with Gasteiger partial charge in [0.15, 0.2) is 0 Å². The predicted molar refractivity (Wildman–Crippen MR) is 48.3 cm³/mol. The molecule has 6 heteroatoms. The lowest BCUT2D eigenvalue weighted by atomic mass is 10.2. The van der Waals surface area contributed by atoms with Gasteiger partial charge < -0.3 is 5.11 Å². The second-order valence-corrected chi connectivity index (χ2v) is 2.82. The molecule has 0 spiro atoms. The number of aromatic nitrogens is 3. The first-order chi connectivity index (χ1) is 7.16. The third kappa shape index (κ3) is 1.83. The van der Waals surface area contributed by atoms with Gasteiger partial charge in [-0.05, 0) is 12.1 Å². The second kappa shape index (κ2) is 3.49. The minimum absolute atomic E-state index is 0.137. The van der Waals surface area contributed by atoms with Crippen LogP contribution >= 0.6 is 0 Å². The molecule has 15 heavy (non-hydrogen) atoms. The number of halogens is 1. The summed E-state index contributed by atoms with van der Waals surface area (Å²) in [6, 6.07) is 3.40. The maximum absolute atomic E-state index is 13.0. The minimum Gasteiger partial charge on any atom is -0.478 e. The summed E-state index contributed by atoms with van der Waals surface area (Å²) in [7, 11) is 0. The van der Waals surface area contributed by atoms with E-state index in [2.05, 4.69) is 10.2 Å². The highest BCUT2D eigenvalue weighted by Gasteiger charge is 2.08. The lowest BCUT2D eigenvalue weighted by Crippen LogP contribution is -2.03. The van der Waals surface area contributed by atoms with Crippen LogP contribution in [0.15, 0.2) is 30.6 Å². The number of carboxylic acid groups (broad SMARTS) is 1. The Morgan fingerprint density at radius 1 is 1.27 bits per heavy atom. The Labute approximate surface area is 83.8 Å². The summed E-state index contributed by atoms with van der Waals surface area (Å²) in [4.78, 5) is 11.8. The van der Waals surface area contributed by atoms with E-state index in [-0.39, 0.29) is 11.3 Å². The summed E-state index contributed by atoms with van der Waals surface area (Å²) in [6.07, 6.45) is 2.84. The highest BCUT2D eigenvalue weighted by atomic mass is 19.1. The normalized spacial score (nSPS) is 10.2. The second-order valence-electron chi connectivity index (χ2n) is 2.82. The molecule has 76 valence electrons. The molecule has 1 N–H and O–H groups in total. The molecular formula is C9H6FN3O2. The van der Waals surface area contributed by atoms with Crippen molar-refractivity contribution in [3.05, 3.63) is 42.0 Å². The lowest BCUT2D eigenvalue weighted by Gasteiger charge is -2.01. The number of hydrogen-bond donors (Lipinski definition) is 1. The number of nitrogens with zero attached hydrogens (tertiary/aromatic N) is 3. The van der Waals surface area contributed by atoms with Crippen LogP contribution < -0.4 is 0 Å². The van der Waals surface area contributed by atoms with Crippen LogP contribution in [0.25, 0.3) is 5.69 Å². The van der Waals surface area contributed by atoms with Crippen LogP contribution in [0.1, 0.15) is 10.4 Å². The number of rotatable bonds is 2. The smallest absolute Gasteiger partial charge is 0.335 e. The van der Waals surface area contributed by atoms with Gasteiger partial charge in [-0.1, -0.05) is 0 Å². The molecule has 0 saturated heterocycles. The molecule has 0 aliphatic carbocycles. The fourth-order valence-electron chi connectivity index (χ4n) is 1.16. The molecule has 0 aliphatic rings. The summed E-state index contributed by atoms with van der Waals surface area (Å²) in [5, 5.41) is 16.3. The molecule has 0 aliphatic heterocycles. The fourth-order valence-corrected chi connectivity index (χ4v) is 1.16. The van der Waals surface area contributed by atoms with E-state index in [1.807, 2.05) is 0 Å². The van der Waals surface area contributed by atoms with E-state index in [0.29, 0.717) is 0 Å². The van der Waals surface area contributed by atoms with Crippen molar-refractivity contribution in [2.75, 3.05) is 0 Å². The molecule has 0 radical (unpaired) electrons. The molecule has 1 aromatic carbocycles. The van der Waals surface area contributed by atoms with E-state index in [1.54, 1.807) is 0 Å². The quantitative estimate of drug-likeness (QED) is 0.800. The maximum atomic E-state index is 13.0. The monoisotopic (exact) mass is 207 g/mol. The van der Waals surface area contributed by atoms with Crippen LogP contribution in [-0.4, -0.2) is 26.1 Å². The third-order valence-corrected chi connectivity index (χ3v) is 1.78. The van der Waals surface area contributed by atoms with Crippen LogP contribution in [0.4, 0.5) is 4.39 Å². The molecule has 1 aromatic heterocycles. The molecule has 0 atom stereocenters. The molecule has 0 saturated carbocycles. The van der Waals surface area contributed by atoms with Crippen molar-refractivity contribution in [1.29, 1.82) is 0 Å². The topological polar surface area (TPSA) is 68.0 Å². The largest absolute Gasteiger partial charge is 0.478 e. The first kappa shape index (κ1) is 9.32. The summed E-state index contributed by atoms with van der Waals surface area (Å²) in [6.45, 7) is 0. The van der Waals surface area contributed by atoms with Gasteiger partial charge in [0.25, 0.3) is 0 Å². The van der Waals surface area contributed by atoms with Crippen LogP contribution in [0, 0.1) is 5.82 Å². The van der Waals surface area contributed by atoms with Gasteiger partial charge in [-0.25, -0.2) is 9.18 Å². The first-order valence-corrected chi connectivity index (χ1v) is 4.07. The Morgan fingerprint density at radius 2 is 1.93 bits per heavy atom. The zero-order chi connectivity index (χ0) is 10.8. The molecule has 0 fully saturated rings. The number of hydrogen-bond acceptors (Lipinski definition) is 3. The van der Waals surface area contributed by atoms with Crippen LogP contribution in [0.5, 0.6) is 0 Å². The van der Waals surface area contributed by atoms with Crippen molar-refractivity contribution >= 4 is 5.97 Å². The van der Waals surface area contributed by atoms with Crippen molar-refractivity contribution in [3.8, 4) is 5.69 Å². The van der Waals surface area contributed by atoms with Crippen molar-refractivity contribution < 1.29 is 14.3 Å². The van der Waals surface area contributed by atoms with Crippen molar-refractivity contribution in [1.82, 2.24) is 15.0 Å².